The van der Waals surface area contributed by atoms with Crippen molar-refractivity contribution in [2.24, 2.45) is 0 Å². The SMILES string of the molecule is CCCc1cc(NCC)c2c(C)cc(C)cc2n1. The molecule has 1 N–H and O–H groups in total. The lowest BCUT2D eigenvalue weighted by atomic mass is 10.0. The van der Waals surface area contributed by atoms with Crippen LogP contribution in [0.15, 0.2) is 18.2 Å². The van der Waals surface area contributed by atoms with Gasteiger partial charge in [0.05, 0.1) is 5.52 Å². The summed E-state index contributed by atoms with van der Waals surface area (Å²) in [6.07, 6.45) is 2.18. The van der Waals surface area contributed by atoms with Gasteiger partial charge < -0.3 is 5.32 Å². The summed E-state index contributed by atoms with van der Waals surface area (Å²) in [4.78, 5) is 4.79. The highest BCUT2D eigenvalue weighted by molar-refractivity contribution is 5.94. The first kappa shape index (κ1) is 12.9. The summed E-state index contributed by atoms with van der Waals surface area (Å²) in [6, 6.07) is 6.62. The number of anilines is 1. The van der Waals surface area contributed by atoms with Gasteiger partial charge in [0.15, 0.2) is 0 Å². The van der Waals surface area contributed by atoms with Gasteiger partial charge in [-0.05, 0) is 50.5 Å². The largest absolute Gasteiger partial charge is 0.385 e. The topological polar surface area (TPSA) is 24.9 Å². The average molecular weight is 242 g/mol. The predicted octanol–water partition coefficient (Wildman–Crippen LogP) is 4.24. The van der Waals surface area contributed by atoms with E-state index < -0.39 is 0 Å². The van der Waals surface area contributed by atoms with Gasteiger partial charge in [0, 0.05) is 23.3 Å². The third-order valence-corrected chi connectivity index (χ3v) is 3.18. The predicted molar refractivity (Wildman–Crippen MR) is 79.4 cm³/mol. The zero-order valence-corrected chi connectivity index (χ0v) is 11.8. The molecule has 2 aromatic rings. The van der Waals surface area contributed by atoms with Gasteiger partial charge in [-0.3, -0.25) is 4.98 Å². The van der Waals surface area contributed by atoms with Gasteiger partial charge in [-0.1, -0.05) is 19.4 Å². The number of benzene rings is 1. The molecule has 1 heterocycles. The second-order valence-corrected chi connectivity index (χ2v) is 4.92. The number of hydrogen-bond acceptors (Lipinski definition) is 2. The third kappa shape index (κ3) is 2.47. The maximum absolute atomic E-state index is 4.79. The molecular formula is C16H22N2. The Morgan fingerprint density at radius 2 is 1.89 bits per heavy atom. The van der Waals surface area contributed by atoms with E-state index in [-0.39, 0.29) is 0 Å². The maximum Gasteiger partial charge on any atom is 0.0731 e. The second kappa shape index (κ2) is 5.38. The summed E-state index contributed by atoms with van der Waals surface area (Å²) in [5.41, 5.74) is 6.11. The average Bonchev–Trinajstić information content (AvgIpc) is 2.28. The number of rotatable bonds is 4. The van der Waals surface area contributed by atoms with Crippen LogP contribution in [-0.2, 0) is 6.42 Å². The standard InChI is InChI=1S/C16H22N2/c1-5-7-13-10-14(17-6-2)16-12(4)8-11(3)9-15(16)18-13/h8-10H,5-7H2,1-4H3,(H,17,18). The molecule has 0 aliphatic heterocycles. The van der Waals surface area contributed by atoms with E-state index in [1.807, 2.05) is 0 Å². The first-order chi connectivity index (χ1) is 8.65. The first-order valence-electron chi connectivity index (χ1n) is 6.80. The van der Waals surface area contributed by atoms with Crippen molar-refractivity contribution in [3.8, 4) is 0 Å². The Morgan fingerprint density at radius 3 is 2.56 bits per heavy atom. The molecular weight excluding hydrogens is 220 g/mol. The van der Waals surface area contributed by atoms with Gasteiger partial charge in [-0.25, -0.2) is 0 Å². The lowest BCUT2D eigenvalue weighted by Crippen LogP contribution is -2.02. The normalized spacial score (nSPS) is 10.9. The summed E-state index contributed by atoms with van der Waals surface area (Å²) >= 11 is 0. The molecule has 0 amide bonds. The maximum atomic E-state index is 4.79. The molecule has 2 nitrogen and oxygen atoms in total. The summed E-state index contributed by atoms with van der Waals surface area (Å²) in [5.74, 6) is 0. The highest BCUT2D eigenvalue weighted by Gasteiger charge is 2.08. The molecule has 0 spiro atoms. The van der Waals surface area contributed by atoms with Crippen molar-refractivity contribution in [3.05, 3.63) is 35.0 Å². The second-order valence-electron chi connectivity index (χ2n) is 4.92. The van der Waals surface area contributed by atoms with E-state index in [0.29, 0.717) is 0 Å². The molecule has 1 aromatic carbocycles. The highest BCUT2D eigenvalue weighted by atomic mass is 14.9. The quantitative estimate of drug-likeness (QED) is 0.867. The van der Waals surface area contributed by atoms with Crippen LogP contribution in [0.5, 0.6) is 0 Å². The minimum atomic E-state index is 0.942. The van der Waals surface area contributed by atoms with Gasteiger partial charge in [-0.15, -0.1) is 0 Å². The van der Waals surface area contributed by atoms with Gasteiger partial charge in [0.2, 0.25) is 0 Å². The lowest BCUT2D eigenvalue weighted by Gasteiger charge is -2.13. The van der Waals surface area contributed by atoms with Crippen molar-refractivity contribution in [2.75, 3.05) is 11.9 Å². The van der Waals surface area contributed by atoms with E-state index in [1.54, 1.807) is 0 Å². The number of fused-ring (bicyclic) bond motifs is 1. The Kier molecular flexibility index (Phi) is 3.85. The summed E-state index contributed by atoms with van der Waals surface area (Å²) in [6.45, 7) is 9.57. The molecule has 2 rings (SSSR count). The molecule has 0 aliphatic carbocycles. The zero-order valence-electron chi connectivity index (χ0n) is 11.8. The molecule has 2 heteroatoms. The molecule has 0 radical (unpaired) electrons. The molecule has 1 aromatic heterocycles. The van der Waals surface area contributed by atoms with Gasteiger partial charge in [0.1, 0.15) is 0 Å². The van der Waals surface area contributed by atoms with Crippen molar-refractivity contribution in [3.63, 3.8) is 0 Å². The first-order valence-corrected chi connectivity index (χ1v) is 6.80. The van der Waals surface area contributed by atoms with Crippen LogP contribution in [-0.4, -0.2) is 11.5 Å². The number of nitrogens with one attached hydrogen (secondary N) is 1. The molecule has 0 saturated heterocycles. The zero-order chi connectivity index (χ0) is 13.1. The molecule has 0 bridgehead atoms. The number of hydrogen-bond donors (Lipinski definition) is 1. The minimum Gasteiger partial charge on any atom is -0.385 e. The Bertz CT molecular complexity index is 559. The van der Waals surface area contributed by atoms with Crippen LogP contribution < -0.4 is 5.32 Å². The fraction of sp³-hybridized carbons (Fsp3) is 0.438. The number of aryl methyl sites for hydroxylation is 3. The van der Waals surface area contributed by atoms with Crippen LogP contribution in [0, 0.1) is 13.8 Å². The van der Waals surface area contributed by atoms with E-state index in [0.717, 1.165) is 24.9 Å². The third-order valence-electron chi connectivity index (χ3n) is 3.18. The van der Waals surface area contributed by atoms with Crippen molar-refractivity contribution < 1.29 is 0 Å². The number of pyridine rings is 1. The van der Waals surface area contributed by atoms with Gasteiger partial charge in [-0.2, -0.15) is 0 Å². The Balaban J connectivity index is 2.68. The minimum absolute atomic E-state index is 0.942. The van der Waals surface area contributed by atoms with E-state index in [4.69, 9.17) is 4.98 Å². The van der Waals surface area contributed by atoms with E-state index in [1.165, 1.54) is 27.9 Å². The lowest BCUT2D eigenvalue weighted by molar-refractivity contribution is 0.889. The van der Waals surface area contributed by atoms with Gasteiger partial charge in [0.25, 0.3) is 0 Å². The fourth-order valence-electron chi connectivity index (χ4n) is 2.52. The van der Waals surface area contributed by atoms with Crippen molar-refractivity contribution in [1.29, 1.82) is 0 Å². The summed E-state index contributed by atoms with van der Waals surface area (Å²) in [5, 5.41) is 4.74. The van der Waals surface area contributed by atoms with Crippen molar-refractivity contribution in [1.82, 2.24) is 4.98 Å². The molecule has 18 heavy (non-hydrogen) atoms. The molecule has 0 fully saturated rings. The van der Waals surface area contributed by atoms with Crippen molar-refractivity contribution >= 4 is 16.6 Å². The van der Waals surface area contributed by atoms with Crippen molar-refractivity contribution in [2.45, 2.75) is 40.5 Å². The van der Waals surface area contributed by atoms with Crippen LogP contribution in [0.25, 0.3) is 10.9 Å². The molecule has 0 unspecified atom stereocenters. The Labute approximate surface area is 109 Å². The van der Waals surface area contributed by atoms with E-state index in [9.17, 15) is 0 Å². The van der Waals surface area contributed by atoms with E-state index in [2.05, 4.69) is 51.2 Å². The summed E-state index contributed by atoms with van der Waals surface area (Å²) in [7, 11) is 0. The van der Waals surface area contributed by atoms with Crippen LogP contribution in [0.1, 0.15) is 37.1 Å². The smallest absolute Gasteiger partial charge is 0.0731 e. The fourth-order valence-corrected chi connectivity index (χ4v) is 2.52. The highest BCUT2D eigenvalue weighted by Crippen LogP contribution is 2.28. The summed E-state index contributed by atoms with van der Waals surface area (Å²) < 4.78 is 0. The van der Waals surface area contributed by atoms with Gasteiger partial charge >= 0.3 is 0 Å². The molecule has 96 valence electrons. The van der Waals surface area contributed by atoms with Crippen LogP contribution in [0.3, 0.4) is 0 Å². The molecule has 0 aliphatic rings. The Morgan fingerprint density at radius 1 is 1.11 bits per heavy atom. The van der Waals surface area contributed by atoms with Crippen LogP contribution in [0.2, 0.25) is 0 Å². The van der Waals surface area contributed by atoms with E-state index >= 15 is 0 Å². The Hall–Kier alpha value is -1.57. The van der Waals surface area contributed by atoms with Crippen LogP contribution in [0.4, 0.5) is 5.69 Å². The molecule has 0 atom stereocenters. The number of aromatic nitrogens is 1. The monoisotopic (exact) mass is 242 g/mol. The number of nitrogens with zero attached hydrogens (tertiary/aromatic N) is 1. The molecule has 0 saturated carbocycles. The van der Waals surface area contributed by atoms with Crippen LogP contribution >= 0.6 is 0 Å².